The molecule has 1 amide bonds. The van der Waals surface area contributed by atoms with Gasteiger partial charge in [0.2, 0.25) is 15.9 Å². The van der Waals surface area contributed by atoms with Crippen LogP contribution in [-0.2, 0) is 21.2 Å². The van der Waals surface area contributed by atoms with Gasteiger partial charge in [0.1, 0.15) is 21.3 Å². The number of hydrogen-bond acceptors (Lipinski definition) is 6. The highest BCUT2D eigenvalue weighted by Crippen LogP contribution is 2.39. The smallest absolute Gasteiger partial charge is 0.410 e. The number of rotatable bonds is 7. The average Bonchev–Trinajstić information content (AvgIpc) is 3.62. The Labute approximate surface area is 236 Å². The van der Waals surface area contributed by atoms with Crippen LogP contribution >= 0.6 is 27.5 Å². The molecule has 15 heteroatoms. The second-order valence-corrected chi connectivity index (χ2v) is 13.5. The number of nitrogens with one attached hydrogen (secondary N) is 1. The number of pyridine rings is 1. The third kappa shape index (κ3) is 6.77. The molecule has 2 atom stereocenters. The lowest BCUT2D eigenvalue weighted by molar-refractivity contribution is -0.0123. The number of alkyl halides is 2. The van der Waals surface area contributed by atoms with Crippen LogP contribution in [0.1, 0.15) is 39.2 Å². The minimum absolute atomic E-state index is 0.156. The Hall–Kier alpha value is -2.16. The lowest BCUT2D eigenvalue weighted by Crippen LogP contribution is -2.53. The van der Waals surface area contributed by atoms with Crippen molar-refractivity contribution in [2.45, 2.75) is 68.9 Å². The van der Waals surface area contributed by atoms with Crippen LogP contribution in [0.2, 0.25) is 5.02 Å². The summed E-state index contributed by atoms with van der Waals surface area (Å²) in [4.78, 5) is 17.4. The molecular formula is C24H25BrClF4N3O5S. The van der Waals surface area contributed by atoms with Crippen LogP contribution in [0.4, 0.5) is 22.4 Å². The first-order chi connectivity index (χ1) is 18.0. The van der Waals surface area contributed by atoms with E-state index in [1.54, 1.807) is 20.8 Å². The first-order valence-electron chi connectivity index (χ1n) is 11.8. The van der Waals surface area contributed by atoms with Crippen molar-refractivity contribution in [1.29, 1.82) is 0 Å². The van der Waals surface area contributed by atoms with Crippen molar-refractivity contribution >= 4 is 43.6 Å². The van der Waals surface area contributed by atoms with E-state index in [-0.39, 0.29) is 21.1 Å². The number of benzene rings is 1. The summed E-state index contributed by atoms with van der Waals surface area (Å²) in [7, 11) is -4.11. The summed E-state index contributed by atoms with van der Waals surface area (Å²) >= 11 is 8.84. The molecule has 1 aromatic carbocycles. The highest BCUT2D eigenvalue weighted by Gasteiger charge is 2.59. The highest BCUT2D eigenvalue weighted by molar-refractivity contribution is 9.10. The van der Waals surface area contributed by atoms with Crippen molar-refractivity contribution in [1.82, 2.24) is 14.6 Å². The van der Waals surface area contributed by atoms with Gasteiger partial charge in [-0.15, -0.1) is 0 Å². The second-order valence-electron chi connectivity index (χ2n) is 10.4. The van der Waals surface area contributed by atoms with Crippen molar-refractivity contribution in [3.8, 4) is 11.6 Å². The number of ether oxygens (including phenoxy) is 2. The summed E-state index contributed by atoms with van der Waals surface area (Å²) < 4.78 is 97.5. The number of nitrogens with zero attached hydrogens (tertiary/aromatic N) is 2. The molecule has 2 aliphatic rings. The van der Waals surface area contributed by atoms with Gasteiger partial charge in [0.15, 0.2) is 17.4 Å². The summed E-state index contributed by atoms with van der Waals surface area (Å²) in [5.74, 6) is -6.15. The summed E-state index contributed by atoms with van der Waals surface area (Å²) in [6, 6.07) is 1.24. The first-order valence-corrected chi connectivity index (χ1v) is 14.6. The molecule has 1 aromatic heterocycles. The molecule has 214 valence electrons. The van der Waals surface area contributed by atoms with Gasteiger partial charge in [-0.2, -0.15) is 0 Å². The Morgan fingerprint density at radius 3 is 2.56 bits per heavy atom. The molecule has 1 saturated carbocycles. The SMILES string of the molecule is CC(C)(C)OC(=O)N1CC(F)(F)[C@H](NS(=O)(=O)C2CC2)[C@@H]1Cc1cccc(Oc2nc(Br)c(F)cc2Cl)c1F. The maximum Gasteiger partial charge on any atom is 0.410 e. The number of likely N-dealkylation sites (tertiary alicyclic amines) is 1. The van der Waals surface area contributed by atoms with Crippen LogP contribution in [0, 0.1) is 11.6 Å². The monoisotopic (exact) mass is 657 g/mol. The van der Waals surface area contributed by atoms with Gasteiger partial charge >= 0.3 is 6.09 Å². The fraction of sp³-hybridized carbons (Fsp3) is 0.500. The summed E-state index contributed by atoms with van der Waals surface area (Å²) in [6.07, 6.45) is -0.944. The number of carbonyl (C=O) groups excluding carboxylic acids is 1. The number of sulfonamides is 1. The fourth-order valence-corrected chi connectivity index (χ4v) is 6.18. The number of aromatic nitrogens is 1. The fourth-order valence-electron chi connectivity index (χ4n) is 4.09. The Morgan fingerprint density at radius 2 is 1.95 bits per heavy atom. The highest BCUT2D eigenvalue weighted by atomic mass is 79.9. The molecular weight excluding hydrogens is 634 g/mol. The minimum Gasteiger partial charge on any atom is -0.444 e. The van der Waals surface area contributed by atoms with Crippen molar-refractivity contribution in [3.63, 3.8) is 0 Å². The lowest BCUT2D eigenvalue weighted by Gasteiger charge is -2.30. The van der Waals surface area contributed by atoms with Crippen LogP contribution in [0.25, 0.3) is 0 Å². The Balaban J connectivity index is 1.68. The van der Waals surface area contributed by atoms with Crippen LogP contribution in [-0.4, -0.2) is 59.8 Å². The quantitative estimate of drug-likeness (QED) is 0.298. The van der Waals surface area contributed by atoms with Gasteiger partial charge in [0, 0.05) is 6.07 Å². The molecule has 4 rings (SSSR count). The molecule has 1 aliphatic carbocycles. The summed E-state index contributed by atoms with van der Waals surface area (Å²) in [6.45, 7) is 3.52. The van der Waals surface area contributed by atoms with Gasteiger partial charge in [0.05, 0.1) is 17.8 Å². The molecule has 1 aliphatic heterocycles. The van der Waals surface area contributed by atoms with E-state index >= 15 is 13.2 Å². The predicted molar refractivity (Wildman–Crippen MR) is 138 cm³/mol. The zero-order valence-electron chi connectivity index (χ0n) is 21.0. The largest absolute Gasteiger partial charge is 0.444 e. The van der Waals surface area contributed by atoms with Gasteiger partial charge in [-0.1, -0.05) is 23.7 Å². The third-order valence-electron chi connectivity index (χ3n) is 6.04. The van der Waals surface area contributed by atoms with Gasteiger partial charge in [-0.05, 0) is 67.6 Å². The molecule has 2 fully saturated rings. The van der Waals surface area contributed by atoms with Crippen molar-refractivity contribution in [2.75, 3.05) is 6.54 Å². The Kier molecular flexibility index (Phi) is 8.16. The van der Waals surface area contributed by atoms with Gasteiger partial charge < -0.3 is 9.47 Å². The van der Waals surface area contributed by atoms with Gasteiger partial charge in [-0.25, -0.2) is 40.5 Å². The van der Waals surface area contributed by atoms with Gasteiger partial charge in [-0.3, -0.25) is 4.90 Å². The predicted octanol–water partition coefficient (Wildman–Crippen LogP) is 5.82. The Morgan fingerprint density at radius 1 is 1.28 bits per heavy atom. The van der Waals surface area contributed by atoms with E-state index in [1.165, 1.54) is 18.2 Å². The molecule has 1 N–H and O–H groups in total. The molecule has 2 aromatic rings. The standard InChI is InChI=1S/C24H25BrClF4N3O5S/c1-23(2,3)38-22(34)33-11-24(29,30)19(32-39(35,36)13-7-8-13)16(33)9-12-5-4-6-17(18(12)28)37-21-14(26)10-15(27)20(25)31-21/h4-6,10,13,16,19,32H,7-9,11H2,1-3H3/t16-,19+/m0/s1. The topological polar surface area (TPSA) is 97.8 Å². The molecule has 39 heavy (non-hydrogen) atoms. The van der Waals surface area contributed by atoms with Crippen molar-refractivity contribution in [2.24, 2.45) is 0 Å². The third-order valence-corrected chi connectivity index (χ3v) is 8.80. The summed E-state index contributed by atoms with van der Waals surface area (Å²) in [5.41, 5.74) is -1.19. The number of amides is 1. The van der Waals surface area contributed by atoms with E-state index in [2.05, 4.69) is 25.6 Å². The van der Waals surface area contributed by atoms with Crippen LogP contribution < -0.4 is 9.46 Å². The molecule has 0 spiro atoms. The van der Waals surface area contributed by atoms with E-state index in [1.807, 2.05) is 0 Å². The summed E-state index contributed by atoms with van der Waals surface area (Å²) in [5, 5.41) is -1.05. The van der Waals surface area contributed by atoms with E-state index < -0.39 is 75.3 Å². The van der Waals surface area contributed by atoms with Crippen molar-refractivity contribution < 1.29 is 40.2 Å². The zero-order chi connectivity index (χ0) is 28.9. The Bertz CT molecular complexity index is 1390. The number of carbonyl (C=O) groups is 1. The van der Waals surface area contributed by atoms with E-state index in [9.17, 15) is 17.6 Å². The molecule has 0 bridgehead atoms. The first kappa shape index (κ1) is 29.8. The molecule has 0 unspecified atom stereocenters. The molecule has 0 radical (unpaired) electrons. The average molecular weight is 659 g/mol. The van der Waals surface area contributed by atoms with Crippen LogP contribution in [0.5, 0.6) is 11.6 Å². The van der Waals surface area contributed by atoms with Gasteiger partial charge in [0.25, 0.3) is 5.92 Å². The normalized spacial score (nSPS) is 21.2. The minimum atomic E-state index is -4.11. The number of hydrogen-bond donors (Lipinski definition) is 1. The maximum absolute atomic E-state index is 15.6. The zero-order valence-corrected chi connectivity index (χ0v) is 24.1. The van der Waals surface area contributed by atoms with Crippen LogP contribution in [0.3, 0.4) is 0 Å². The number of halogens is 6. The molecule has 8 nitrogen and oxygen atoms in total. The molecule has 2 heterocycles. The van der Waals surface area contributed by atoms with Crippen LogP contribution in [0.15, 0.2) is 28.9 Å². The van der Waals surface area contributed by atoms with E-state index in [4.69, 9.17) is 21.1 Å². The molecule has 1 saturated heterocycles. The van der Waals surface area contributed by atoms with E-state index in [0.29, 0.717) is 17.7 Å². The second kappa shape index (κ2) is 10.7. The lowest BCUT2D eigenvalue weighted by atomic mass is 9.98. The maximum atomic E-state index is 15.6. The van der Waals surface area contributed by atoms with E-state index in [0.717, 1.165) is 6.07 Å². The van der Waals surface area contributed by atoms with Crippen molar-refractivity contribution in [3.05, 3.63) is 51.1 Å².